The molecule has 0 unspecified atom stereocenters. The maximum Gasteiger partial charge on any atom is 0.323 e. The lowest BCUT2D eigenvalue weighted by Gasteiger charge is -2.08. The fraction of sp³-hybridized carbons (Fsp3) is 0.0588. The molecular formula is C17H16N4O. The van der Waals surface area contributed by atoms with Gasteiger partial charge < -0.3 is 15.6 Å². The number of aromatic amines is 1. The van der Waals surface area contributed by atoms with Gasteiger partial charge in [-0.1, -0.05) is 30.3 Å². The molecule has 0 aliphatic heterocycles. The standard InChI is InChI=1S/C17H16N4O/c1-12-16(19-11-18-12)13-6-5-9-15(10-13)21-17(22)20-14-7-3-2-4-8-14/h2-11H,1H3,(H,18,19)(H2,20,21,22). The van der Waals surface area contributed by atoms with Crippen molar-refractivity contribution < 1.29 is 4.79 Å². The average Bonchev–Trinajstić information content (AvgIpc) is 2.94. The number of aryl methyl sites for hydroxylation is 1. The molecule has 0 radical (unpaired) electrons. The summed E-state index contributed by atoms with van der Waals surface area (Å²) < 4.78 is 0. The van der Waals surface area contributed by atoms with Gasteiger partial charge in [0.2, 0.25) is 0 Å². The number of aromatic nitrogens is 2. The number of hydrogen-bond acceptors (Lipinski definition) is 2. The molecule has 5 heteroatoms. The van der Waals surface area contributed by atoms with E-state index in [4.69, 9.17) is 0 Å². The van der Waals surface area contributed by atoms with Crippen molar-refractivity contribution in [1.82, 2.24) is 9.97 Å². The maximum atomic E-state index is 12.0. The molecular weight excluding hydrogens is 276 g/mol. The van der Waals surface area contributed by atoms with Gasteiger partial charge in [-0.15, -0.1) is 0 Å². The number of amides is 2. The SMILES string of the molecule is Cc1[nH]cnc1-c1cccc(NC(=O)Nc2ccccc2)c1. The Labute approximate surface area is 128 Å². The Hall–Kier alpha value is -3.08. The van der Waals surface area contributed by atoms with E-state index in [1.165, 1.54) is 0 Å². The van der Waals surface area contributed by atoms with Crippen LogP contribution in [0.3, 0.4) is 0 Å². The third-order valence-corrected chi connectivity index (χ3v) is 3.26. The number of para-hydroxylation sites is 1. The molecule has 5 nitrogen and oxygen atoms in total. The summed E-state index contributed by atoms with van der Waals surface area (Å²) in [6, 6.07) is 16.6. The Balaban J connectivity index is 1.73. The molecule has 0 fully saturated rings. The lowest BCUT2D eigenvalue weighted by Crippen LogP contribution is -2.19. The summed E-state index contributed by atoms with van der Waals surface area (Å²) in [5.41, 5.74) is 4.29. The van der Waals surface area contributed by atoms with Crippen LogP contribution in [0.15, 0.2) is 60.9 Å². The molecule has 1 heterocycles. The molecule has 0 aliphatic rings. The van der Waals surface area contributed by atoms with Gasteiger partial charge in [-0.25, -0.2) is 9.78 Å². The van der Waals surface area contributed by atoms with E-state index < -0.39 is 0 Å². The molecule has 0 atom stereocenters. The van der Waals surface area contributed by atoms with Crippen LogP contribution in [0.2, 0.25) is 0 Å². The summed E-state index contributed by atoms with van der Waals surface area (Å²) in [4.78, 5) is 19.3. The molecule has 0 saturated carbocycles. The van der Waals surface area contributed by atoms with Gasteiger partial charge in [-0.3, -0.25) is 0 Å². The first-order valence-electron chi connectivity index (χ1n) is 6.96. The molecule has 0 saturated heterocycles. The van der Waals surface area contributed by atoms with Crippen molar-refractivity contribution in [3.8, 4) is 11.3 Å². The first-order chi connectivity index (χ1) is 10.7. The molecule has 0 bridgehead atoms. The summed E-state index contributed by atoms with van der Waals surface area (Å²) >= 11 is 0. The summed E-state index contributed by atoms with van der Waals surface area (Å²) in [5.74, 6) is 0. The maximum absolute atomic E-state index is 12.0. The zero-order valence-corrected chi connectivity index (χ0v) is 12.1. The van der Waals surface area contributed by atoms with Crippen LogP contribution >= 0.6 is 0 Å². The van der Waals surface area contributed by atoms with Crippen molar-refractivity contribution in [2.45, 2.75) is 6.92 Å². The van der Waals surface area contributed by atoms with Crippen LogP contribution in [0.25, 0.3) is 11.3 Å². The van der Waals surface area contributed by atoms with E-state index >= 15 is 0 Å². The van der Waals surface area contributed by atoms with Gasteiger partial charge in [0.1, 0.15) is 0 Å². The predicted octanol–water partition coefficient (Wildman–Crippen LogP) is 4.03. The van der Waals surface area contributed by atoms with Crippen molar-refractivity contribution in [3.63, 3.8) is 0 Å². The monoisotopic (exact) mass is 292 g/mol. The van der Waals surface area contributed by atoms with Crippen molar-refractivity contribution in [3.05, 3.63) is 66.6 Å². The molecule has 1 aromatic heterocycles. The minimum Gasteiger partial charge on any atom is -0.348 e. The molecule has 0 aliphatic carbocycles. The van der Waals surface area contributed by atoms with E-state index in [0.29, 0.717) is 5.69 Å². The minimum atomic E-state index is -0.276. The lowest BCUT2D eigenvalue weighted by atomic mass is 10.1. The Kier molecular flexibility index (Phi) is 3.87. The highest BCUT2D eigenvalue weighted by Gasteiger charge is 2.07. The van der Waals surface area contributed by atoms with Gasteiger partial charge in [0, 0.05) is 22.6 Å². The van der Waals surface area contributed by atoms with E-state index in [2.05, 4.69) is 20.6 Å². The van der Waals surface area contributed by atoms with Crippen LogP contribution in [0.5, 0.6) is 0 Å². The van der Waals surface area contributed by atoms with Gasteiger partial charge in [0.05, 0.1) is 12.0 Å². The molecule has 3 rings (SSSR count). The summed E-state index contributed by atoms with van der Waals surface area (Å²) in [5, 5.41) is 5.61. The molecule has 0 spiro atoms. The number of benzene rings is 2. The molecule has 2 amide bonds. The van der Waals surface area contributed by atoms with Crippen LogP contribution in [0, 0.1) is 6.92 Å². The molecule has 110 valence electrons. The summed E-state index contributed by atoms with van der Waals surface area (Å²) in [7, 11) is 0. The molecule has 2 aromatic carbocycles. The Morgan fingerprint density at radius 2 is 1.73 bits per heavy atom. The van der Waals surface area contributed by atoms with Gasteiger partial charge >= 0.3 is 6.03 Å². The quantitative estimate of drug-likeness (QED) is 0.682. The first kappa shape index (κ1) is 13.9. The number of rotatable bonds is 3. The third-order valence-electron chi connectivity index (χ3n) is 3.26. The van der Waals surface area contributed by atoms with Crippen LogP contribution in [-0.4, -0.2) is 16.0 Å². The van der Waals surface area contributed by atoms with Crippen LogP contribution in [-0.2, 0) is 0 Å². The van der Waals surface area contributed by atoms with Gasteiger partial charge in [-0.2, -0.15) is 0 Å². The van der Waals surface area contributed by atoms with Gasteiger partial charge in [0.15, 0.2) is 0 Å². The van der Waals surface area contributed by atoms with Crippen LogP contribution < -0.4 is 10.6 Å². The fourth-order valence-corrected chi connectivity index (χ4v) is 2.21. The topological polar surface area (TPSA) is 69.8 Å². The second kappa shape index (κ2) is 6.13. The number of H-pyrrole nitrogens is 1. The Bertz CT molecular complexity index is 780. The number of nitrogens with zero attached hydrogens (tertiary/aromatic N) is 1. The smallest absolute Gasteiger partial charge is 0.323 e. The number of hydrogen-bond donors (Lipinski definition) is 3. The number of imidazole rings is 1. The fourth-order valence-electron chi connectivity index (χ4n) is 2.21. The normalized spacial score (nSPS) is 10.2. The second-order valence-corrected chi connectivity index (χ2v) is 4.90. The summed E-state index contributed by atoms with van der Waals surface area (Å²) in [6.07, 6.45) is 1.66. The van der Waals surface area contributed by atoms with Gasteiger partial charge in [0.25, 0.3) is 0 Å². The highest BCUT2D eigenvalue weighted by atomic mass is 16.2. The van der Waals surface area contributed by atoms with Crippen molar-refractivity contribution in [2.24, 2.45) is 0 Å². The zero-order chi connectivity index (χ0) is 15.4. The van der Waals surface area contributed by atoms with Crippen molar-refractivity contribution >= 4 is 17.4 Å². The van der Waals surface area contributed by atoms with Crippen LogP contribution in [0.4, 0.5) is 16.2 Å². The predicted molar refractivity (Wildman–Crippen MR) is 87.8 cm³/mol. The molecule has 22 heavy (non-hydrogen) atoms. The number of carbonyl (C=O) groups is 1. The highest BCUT2D eigenvalue weighted by molar-refractivity contribution is 6.00. The zero-order valence-electron chi connectivity index (χ0n) is 12.1. The number of urea groups is 1. The van der Waals surface area contributed by atoms with Crippen molar-refractivity contribution in [1.29, 1.82) is 0 Å². The van der Waals surface area contributed by atoms with Crippen molar-refractivity contribution in [2.75, 3.05) is 10.6 Å². The summed E-state index contributed by atoms with van der Waals surface area (Å²) in [6.45, 7) is 1.96. The van der Waals surface area contributed by atoms with Crippen LogP contribution in [0.1, 0.15) is 5.69 Å². The first-order valence-corrected chi connectivity index (χ1v) is 6.96. The largest absolute Gasteiger partial charge is 0.348 e. The van der Waals surface area contributed by atoms with E-state index in [1.807, 2.05) is 61.5 Å². The lowest BCUT2D eigenvalue weighted by molar-refractivity contribution is 0.262. The Morgan fingerprint density at radius 3 is 2.45 bits per heavy atom. The van der Waals surface area contributed by atoms with E-state index in [-0.39, 0.29) is 6.03 Å². The number of carbonyl (C=O) groups excluding carboxylic acids is 1. The third kappa shape index (κ3) is 3.15. The highest BCUT2D eigenvalue weighted by Crippen LogP contribution is 2.23. The number of anilines is 2. The van der Waals surface area contributed by atoms with E-state index in [9.17, 15) is 4.79 Å². The second-order valence-electron chi connectivity index (χ2n) is 4.90. The minimum absolute atomic E-state index is 0.276. The molecule has 3 aromatic rings. The van der Waals surface area contributed by atoms with E-state index in [0.717, 1.165) is 22.6 Å². The Morgan fingerprint density at radius 1 is 1.00 bits per heavy atom. The van der Waals surface area contributed by atoms with E-state index in [1.54, 1.807) is 6.33 Å². The van der Waals surface area contributed by atoms with Gasteiger partial charge in [-0.05, 0) is 31.2 Å². The average molecular weight is 292 g/mol. The molecule has 3 N–H and O–H groups in total. The number of nitrogens with one attached hydrogen (secondary N) is 3.